The lowest BCUT2D eigenvalue weighted by molar-refractivity contribution is -0.384. The second kappa shape index (κ2) is 6.53. The first kappa shape index (κ1) is 15.2. The van der Waals surface area contributed by atoms with Gasteiger partial charge < -0.3 is 15.8 Å². The lowest BCUT2D eigenvalue weighted by atomic mass is 9.85. The highest BCUT2D eigenvalue weighted by atomic mass is 16.6. The van der Waals surface area contributed by atoms with Crippen molar-refractivity contribution in [1.29, 1.82) is 0 Å². The average Bonchev–Trinajstić information content (AvgIpc) is 2.47. The van der Waals surface area contributed by atoms with Crippen molar-refractivity contribution in [3.8, 4) is 5.75 Å². The molecule has 0 saturated heterocycles. The Morgan fingerprint density at radius 2 is 2.24 bits per heavy atom. The number of hydrogen-bond acceptors (Lipinski definition) is 5. The first-order valence-corrected chi connectivity index (χ1v) is 6.90. The van der Waals surface area contributed by atoms with E-state index in [9.17, 15) is 14.9 Å². The maximum absolute atomic E-state index is 12.3. The Hall–Kier alpha value is -2.15. The minimum atomic E-state index is -0.508. The molecule has 0 aromatic heterocycles. The molecule has 2 rings (SSSR count). The second-order valence-corrected chi connectivity index (χ2v) is 5.25. The third-order valence-electron chi connectivity index (χ3n) is 3.74. The minimum Gasteiger partial charge on any atom is -0.495 e. The molecule has 0 aliphatic heterocycles. The number of anilines is 1. The molecule has 1 fully saturated rings. The van der Waals surface area contributed by atoms with Crippen LogP contribution >= 0.6 is 0 Å². The number of carbonyl (C=O) groups is 1. The number of methoxy groups -OCH3 is 1. The molecule has 114 valence electrons. The Morgan fingerprint density at radius 3 is 2.86 bits per heavy atom. The molecule has 2 atom stereocenters. The minimum absolute atomic E-state index is 0.0431. The van der Waals surface area contributed by atoms with Gasteiger partial charge in [0.15, 0.2) is 0 Å². The molecule has 0 bridgehead atoms. The van der Waals surface area contributed by atoms with Crippen molar-refractivity contribution in [1.82, 2.24) is 0 Å². The summed E-state index contributed by atoms with van der Waals surface area (Å²) in [4.78, 5) is 22.6. The summed E-state index contributed by atoms with van der Waals surface area (Å²) in [6, 6.07) is 4.16. The number of ether oxygens (including phenoxy) is 1. The number of carbonyl (C=O) groups excluding carboxylic acids is 1. The maximum atomic E-state index is 12.3. The van der Waals surface area contributed by atoms with Gasteiger partial charge in [-0.05, 0) is 25.3 Å². The molecule has 2 unspecified atom stereocenters. The molecule has 0 heterocycles. The smallest absolute Gasteiger partial charge is 0.271 e. The largest absolute Gasteiger partial charge is 0.495 e. The predicted molar refractivity (Wildman–Crippen MR) is 78.2 cm³/mol. The van der Waals surface area contributed by atoms with E-state index < -0.39 is 4.92 Å². The van der Waals surface area contributed by atoms with Crippen LogP contribution in [0.2, 0.25) is 0 Å². The van der Waals surface area contributed by atoms with Crippen LogP contribution < -0.4 is 15.8 Å². The summed E-state index contributed by atoms with van der Waals surface area (Å²) in [5, 5.41) is 13.5. The Labute approximate surface area is 122 Å². The highest BCUT2D eigenvalue weighted by molar-refractivity contribution is 5.94. The fourth-order valence-corrected chi connectivity index (χ4v) is 2.61. The first-order valence-electron chi connectivity index (χ1n) is 6.90. The van der Waals surface area contributed by atoms with E-state index in [0.29, 0.717) is 17.9 Å². The molecule has 7 nitrogen and oxygen atoms in total. The Balaban J connectivity index is 2.15. The Bertz CT molecular complexity index is 547. The molecule has 1 aromatic rings. The molecular formula is C14H19N3O4. The Morgan fingerprint density at radius 1 is 1.48 bits per heavy atom. The van der Waals surface area contributed by atoms with Gasteiger partial charge in [0.25, 0.3) is 5.69 Å². The van der Waals surface area contributed by atoms with Crippen LogP contribution in [0, 0.1) is 16.0 Å². The van der Waals surface area contributed by atoms with Gasteiger partial charge in [-0.2, -0.15) is 0 Å². The van der Waals surface area contributed by atoms with Crippen LogP contribution in [-0.2, 0) is 4.79 Å². The molecule has 1 amide bonds. The van der Waals surface area contributed by atoms with E-state index in [1.54, 1.807) is 0 Å². The van der Waals surface area contributed by atoms with Crippen LogP contribution in [-0.4, -0.2) is 24.0 Å². The first-order chi connectivity index (χ1) is 10.0. The number of nitrogens with zero attached hydrogens (tertiary/aromatic N) is 1. The van der Waals surface area contributed by atoms with Gasteiger partial charge in [-0.25, -0.2) is 0 Å². The highest BCUT2D eigenvalue weighted by Gasteiger charge is 2.26. The van der Waals surface area contributed by atoms with E-state index >= 15 is 0 Å². The predicted octanol–water partition coefficient (Wildman–Crippen LogP) is 2.06. The lowest BCUT2D eigenvalue weighted by Crippen LogP contribution is -2.34. The fourth-order valence-electron chi connectivity index (χ4n) is 2.61. The standard InChI is InChI=1S/C14H19N3O4/c1-21-13-6-5-11(17(19)20)8-12(13)16-14(18)9-3-2-4-10(15)7-9/h5-6,8-10H,2-4,7,15H2,1H3,(H,16,18). The molecular weight excluding hydrogens is 274 g/mol. The summed E-state index contributed by atoms with van der Waals surface area (Å²) >= 11 is 0. The van der Waals surface area contributed by atoms with Crippen molar-refractivity contribution >= 4 is 17.3 Å². The summed E-state index contributed by atoms with van der Waals surface area (Å²) in [6.07, 6.45) is 3.29. The van der Waals surface area contributed by atoms with Gasteiger partial charge >= 0.3 is 0 Å². The third kappa shape index (κ3) is 3.69. The third-order valence-corrected chi connectivity index (χ3v) is 3.74. The van der Waals surface area contributed by atoms with Crippen LogP contribution in [0.25, 0.3) is 0 Å². The fraction of sp³-hybridized carbons (Fsp3) is 0.500. The van der Waals surface area contributed by atoms with Crippen molar-refractivity contribution in [3.63, 3.8) is 0 Å². The molecule has 1 aromatic carbocycles. The van der Waals surface area contributed by atoms with Gasteiger partial charge in [0, 0.05) is 24.1 Å². The zero-order valence-electron chi connectivity index (χ0n) is 11.9. The number of nitro groups is 1. The van der Waals surface area contributed by atoms with Gasteiger partial charge in [-0.3, -0.25) is 14.9 Å². The average molecular weight is 293 g/mol. The van der Waals surface area contributed by atoms with Crippen LogP contribution in [0.1, 0.15) is 25.7 Å². The van der Waals surface area contributed by atoms with Crippen LogP contribution in [0.15, 0.2) is 18.2 Å². The zero-order chi connectivity index (χ0) is 15.4. The van der Waals surface area contributed by atoms with Crippen molar-refractivity contribution < 1.29 is 14.5 Å². The van der Waals surface area contributed by atoms with E-state index in [0.717, 1.165) is 19.3 Å². The lowest BCUT2D eigenvalue weighted by Gasteiger charge is -2.25. The van der Waals surface area contributed by atoms with Crippen molar-refractivity contribution in [2.45, 2.75) is 31.7 Å². The van der Waals surface area contributed by atoms with Gasteiger partial charge in [-0.15, -0.1) is 0 Å². The summed E-state index contributed by atoms with van der Waals surface area (Å²) < 4.78 is 5.13. The van der Waals surface area contributed by atoms with E-state index in [2.05, 4.69) is 5.32 Å². The summed E-state index contributed by atoms with van der Waals surface area (Å²) in [5.41, 5.74) is 6.11. The van der Waals surface area contributed by atoms with Crippen LogP contribution in [0.4, 0.5) is 11.4 Å². The number of rotatable bonds is 4. The Kier molecular flexibility index (Phi) is 4.74. The van der Waals surface area contributed by atoms with Gasteiger partial charge in [0.05, 0.1) is 17.7 Å². The number of nitrogens with two attached hydrogens (primary N) is 1. The zero-order valence-corrected chi connectivity index (χ0v) is 11.9. The monoisotopic (exact) mass is 293 g/mol. The molecule has 3 N–H and O–H groups in total. The number of amides is 1. The number of nitro benzene ring substituents is 1. The molecule has 21 heavy (non-hydrogen) atoms. The number of hydrogen-bond donors (Lipinski definition) is 2. The normalized spacial score (nSPS) is 21.6. The van der Waals surface area contributed by atoms with Gasteiger partial charge in [0.2, 0.25) is 5.91 Å². The molecule has 1 saturated carbocycles. The summed E-state index contributed by atoms with van der Waals surface area (Å²) in [5.74, 6) is 0.0794. The van der Waals surface area contributed by atoms with Crippen molar-refractivity contribution in [2.24, 2.45) is 11.7 Å². The van der Waals surface area contributed by atoms with Crippen LogP contribution in [0.3, 0.4) is 0 Å². The van der Waals surface area contributed by atoms with Gasteiger partial charge in [-0.1, -0.05) is 6.42 Å². The van der Waals surface area contributed by atoms with Crippen LogP contribution in [0.5, 0.6) is 5.75 Å². The van der Waals surface area contributed by atoms with Crippen molar-refractivity contribution in [3.05, 3.63) is 28.3 Å². The second-order valence-electron chi connectivity index (χ2n) is 5.25. The molecule has 1 aliphatic carbocycles. The number of nitrogens with one attached hydrogen (secondary N) is 1. The number of non-ortho nitro benzene ring substituents is 1. The van der Waals surface area contributed by atoms with Crippen molar-refractivity contribution in [2.75, 3.05) is 12.4 Å². The molecule has 0 radical (unpaired) electrons. The quantitative estimate of drug-likeness (QED) is 0.652. The van der Waals surface area contributed by atoms with E-state index in [-0.39, 0.29) is 23.6 Å². The highest BCUT2D eigenvalue weighted by Crippen LogP contribution is 2.31. The van der Waals surface area contributed by atoms with E-state index in [1.165, 1.54) is 25.3 Å². The maximum Gasteiger partial charge on any atom is 0.271 e. The SMILES string of the molecule is COc1ccc([N+](=O)[O-])cc1NC(=O)C1CCCC(N)C1. The van der Waals surface area contributed by atoms with E-state index in [1.807, 2.05) is 0 Å². The topological polar surface area (TPSA) is 107 Å². The molecule has 0 spiro atoms. The number of benzene rings is 1. The molecule has 7 heteroatoms. The van der Waals surface area contributed by atoms with Gasteiger partial charge in [0.1, 0.15) is 5.75 Å². The molecule has 1 aliphatic rings. The summed E-state index contributed by atoms with van der Waals surface area (Å²) in [7, 11) is 1.45. The summed E-state index contributed by atoms with van der Waals surface area (Å²) in [6.45, 7) is 0. The van der Waals surface area contributed by atoms with E-state index in [4.69, 9.17) is 10.5 Å².